The number of rotatable bonds is 2. The van der Waals surface area contributed by atoms with E-state index in [0.29, 0.717) is 11.6 Å². The van der Waals surface area contributed by atoms with Crippen molar-refractivity contribution >= 4 is 28.1 Å². The summed E-state index contributed by atoms with van der Waals surface area (Å²) in [6, 6.07) is 14.2. The van der Waals surface area contributed by atoms with Gasteiger partial charge in [-0.2, -0.15) is 0 Å². The topological polar surface area (TPSA) is 63.8 Å². The van der Waals surface area contributed by atoms with Crippen molar-refractivity contribution < 1.29 is 0 Å². The maximum atomic E-state index is 5.78. The Bertz CT molecular complexity index is 689. The summed E-state index contributed by atoms with van der Waals surface area (Å²) < 4.78 is 0. The zero-order chi connectivity index (χ0) is 12.4. The molecule has 4 nitrogen and oxygen atoms in total. The molecule has 0 aliphatic heterocycles. The van der Waals surface area contributed by atoms with Gasteiger partial charge < -0.3 is 11.1 Å². The molecule has 0 bridgehead atoms. The van der Waals surface area contributed by atoms with Crippen LogP contribution in [0.15, 0.2) is 54.9 Å². The standard InChI is InChI=1S/C14H12N4/c15-13-14(17-9-8-16-13)18-12-7-3-5-10-4-1-2-6-11(10)12/h1-9H,(H2,15,16)(H,17,18). The highest BCUT2D eigenvalue weighted by Gasteiger charge is 2.04. The van der Waals surface area contributed by atoms with Gasteiger partial charge in [0.05, 0.1) is 0 Å². The lowest BCUT2D eigenvalue weighted by molar-refractivity contribution is 1.21. The molecule has 0 unspecified atom stereocenters. The van der Waals surface area contributed by atoms with Gasteiger partial charge in [0, 0.05) is 23.5 Å². The number of anilines is 3. The minimum atomic E-state index is 0.394. The van der Waals surface area contributed by atoms with E-state index in [9.17, 15) is 0 Å². The van der Waals surface area contributed by atoms with Crippen molar-refractivity contribution in [3.05, 3.63) is 54.9 Å². The lowest BCUT2D eigenvalue weighted by Crippen LogP contribution is -2.01. The van der Waals surface area contributed by atoms with E-state index in [0.717, 1.165) is 11.1 Å². The Morgan fingerprint density at radius 2 is 1.67 bits per heavy atom. The molecule has 0 amide bonds. The summed E-state index contributed by atoms with van der Waals surface area (Å²) in [7, 11) is 0. The largest absolute Gasteiger partial charge is 0.381 e. The van der Waals surface area contributed by atoms with Crippen molar-refractivity contribution in [2.24, 2.45) is 0 Å². The van der Waals surface area contributed by atoms with Gasteiger partial charge in [0.15, 0.2) is 11.6 Å². The predicted octanol–water partition coefficient (Wildman–Crippen LogP) is 2.96. The molecule has 3 rings (SSSR count). The highest BCUT2D eigenvalue weighted by atomic mass is 15.0. The zero-order valence-electron chi connectivity index (χ0n) is 9.67. The van der Waals surface area contributed by atoms with Gasteiger partial charge in [-0.3, -0.25) is 0 Å². The molecule has 3 N–H and O–H groups in total. The summed E-state index contributed by atoms with van der Waals surface area (Å²) in [5, 5.41) is 5.52. The summed E-state index contributed by atoms with van der Waals surface area (Å²) in [6.45, 7) is 0. The lowest BCUT2D eigenvalue weighted by Gasteiger charge is -2.09. The van der Waals surface area contributed by atoms with Crippen molar-refractivity contribution in [3.63, 3.8) is 0 Å². The Balaban J connectivity index is 2.08. The van der Waals surface area contributed by atoms with Gasteiger partial charge in [0.2, 0.25) is 0 Å². The first-order valence-electron chi connectivity index (χ1n) is 5.66. The number of benzene rings is 2. The molecule has 0 aliphatic carbocycles. The van der Waals surface area contributed by atoms with Crippen LogP contribution >= 0.6 is 0 Å². The van der Waals surface area contributed by atoms with Gasteiger partial charge in [0.1, 0.15) is 0 Å². The van der Waals surface area contributed by atoms with Crippen molar-refractivity contribution in [3.8, 4) is 0 Å². The second-order valence-corrected chi connectivity index (χ2v) is 3.94. The molecule has 4 heteroatoms. The molecule has 1 aromatic heterocycles. The Labute approximate surface area is 104 Å². The second kappa shape index (κ2) is 4.33. The van der Waals surface area contributed by atoms with E-state index >= 15 is 0 Å². The van der Waals surface area contributed by atoms with Crippen molar-refractivity contribution in [2.75, 3.05) is 11.1 Å². The fraction of sp³-hybridized carbons (Fsp3) is 0. The molecule has 0 atom stereocenters. The summed E-state index contributed by atoms with van der Waals surface area (Å²) in [4.78, 5) is 8.19. The van der Waals surface area contributed by atoms with Gasteiger partial charge in [-0.05, 0) is 11.5 Å². The second-order valence-electron chi connectivity index (χ2n) is 3.94. The summed E-state index contributed by atoms with van der Waals surface area (Å²) in [6.07, 6.45) is 3.19. The van der Waals surface area contributed by atoms with Crippen LogP contribution < -0.4 is 11.1 Å². The van der Waals surface area contributed by atoms with Crippen molar-refractivity contribution in [1.82, 2.24) is 9.97 Å². The minimum Gasteiger partial charge on any atom is -0.381 e. The maximum Gasteiger partial charge on any atom is 0.173 e. The SMILES string of the molecule is Nc1nccnc1Nc1cccc2ccccc12. The predicted molar refractivity (Wildman–Crippen MR) is 73.7 cm³/mol. The summed E-state index contributed by atoms with van der Waals surface area (Å²) in [5.41, 5.74) is 6.75. The normalized spacial score (nSPS) is 10.4. The van der Waals surface area contributed by atoms with E-state index in [1.165, 1.54) is 5.39 Å². The number of nitrogens with two attached hydrogens (primary N) is 1. The van der Waals surface area contributed by atoms with E-state index in [-0.39, 0.29) is 0 Å². The van der Waals surface area contributed by atoms with Crippen LogP contribution in [0, 0.1) is 0 Å². The summed E-state index contributed by atoms with van der Waals surface area (Å²) in [5.74, 6) is 0.972. The average Bonchev–Trinajstić information content (AvgIpc) is 2.42. The smallest absolute Gasteiger partial charge is 0.173 e. The number of nitrogens with zero attached hydrogens (tertiary/aromatic N) is 2. The number of hydrogen-bond donors (Lipinski definition) is 2. The molecule has 0 spiro atoms. The molecular weight excluding hydrogens is 224 g/mol. The molecule has 0 saturated carbocycles. The molecule has 0 aliphatic rings. The Morgan fingerprint density at radius 3 is 2.56 bits per heavy atom. The van der Waals surface area contributed by atoms with Crippen LogP contribution in [0.3, 0.4) is 0 Å². The molecular formula is C14H12N4. The molecule has 0 radical (unpaired) electrons. The van der Waals surface area contributed by atoms with E-state index in [1.54, 1.807) is 12.4 Å². The van der Waals surface area contributed by atoms with Gasteiger partial charge in [0.25, 0.3) is 0 Å². The van der Waals surface area contributed by atoms with Crippen molar-refractivity contribution in [2.45, 2.75) is 0 Å². The summed E-state index contributed by atoms with van der Waals surface area (Å²) >= 11 is 0. The molecule has 3 aromatic rings. The first-order valence-corrected chi connectivity index (χ1v) is 5.66. The molecule has 18 heavy (non-hydrogen) atoms. The van der Waals surface area contributed by atoms with E-state index in [2.05, 4.69) is 33.5 Å². The van der Waals surface area contributed by atoms with Crippen molar-refractivity contribution in [1.29, 1.82) is 0 Å². The van der Waals surface area contributed by atoms with Crippen LogP contribution in [-0.4, -0.2) is 9.97 Å². The zero-order valence-corrected chi connectivity index (χ0v) is 9.67. The number of aromatic nitrogens is 2. The average molecular weight is 236 g/mol. The van der Waals surface area contributed by atoms with Crippen LogP contribution in [0.4, 0.5) is 17.3 Å². The molecule has 88 valence electrons. The Morgan fingerprint density at radius 1 is 0.889 bits per heavy atom. The third-order valence-corrected chi connectivity index (χ3v) is 2.77. The first-order chi connectivity index (χ1) is 8.84. The van der Waals surface area contributed by atoms with E-state index in [1.807, 2.05) is 24.3 Å². The lowest BCUT2D eigenvalue weighted by atomic mass is 10.1. The van der Waals surface area contributed by atoms with Gasteiger partial charge in [-0.25, -0.2) is 9.97 Å². The number of fused-ring (bicyclic) bond motifs is 1. The Hall–Kier alpha value is -2.62. The molecule has 0 saturated heterocycles. The monoisotopic (exact) mass is 236 g/mol. The number of nitrogens with one attached hydrogen (secondary N) is 1. The van der Waals surface area contributed by atoms with Gasteiger partial charge in [-0.15, -0.1) is 0 Å². The fourth-order valence-corrected chi connectivity index (χ4v) is 1.91. The van der Waals surface area contributed by atoms with E-state index in [4.69, 9.17) is 5.73 Å². The highest BCUT2D eigenvalue weighted by molar-refractivity contribution is 5.95. The maximum absolute atomic E-state index is 5.78. The minimum absolute atomic E-state index is 0.394. The van der Waals surface area contributed by atoms with Gasteiger partial charge in [-0.1, -0.05) is 36.4 Å². The Kier molecular flexibility index (Phi) is 2.53. The first kappa shape index (κ1) is 10.5. The molecule has 1 heterocycles. The van der Waals surface area contributed by atoms with Crippen LogP contribution in [-0.2, 0) is 0 Å². The van der Waals surface area contributed by atoms with Crippen LogP contribution in [0.5, 0.6) is 0 Å². The highest BCUT2D eigenvalue weighted by Crippen LogP contribution is 2.26. The fourth-order valence-electron chi connectivity index (χ4n) is 1.91. The van der Waals surface area contributed by atoms with Crippen LogP contribution in [0.25, 0.3) is 10.8 Å². The molecule has 2 aromatic carbocycles. The van der Waals surface area contributed by atoms with Gasteiger partial charge >= 0.3 is 0 Å². The number of nitrogen functional groups attached to an aromatic ring is 1. The quantitative estimate of drug-likeness (QED) is 0.718. The van der Waals surface area contributed by atoms with Crippen LogP contribution in [0.1, 0.15) is 0 Å². The molecule has 0 fully saturated rings. The third kappa shape index (κ3) is 1.84. The number of hydrogen-bond acceptors (Lipinski definition) is 4. The van der Waals surface area contributed by atoms with Crippen LogP contribution in [0.2, 0.25) is 0 Å². The van der Waals surface area contributed by atoms with E-state index < -0.39 is 0 Å². The third-order valence-electron chi connectivity index (χ3n) is 2.77.